The van der Waals surface area contributed by atoms with E-state index in [4.69, 9.17) is 4.42 Å². The lowest BCUT2D eigenvalue weighted by Gasteiger charge is -2.21. The van der Waals surface area contributed by atoms with Gasteiger partial charge in [0.2, 0.25) is 5.82 Å². The van der Waals surface area contributed by atoms with Gasteiger partial charge in [-0.25, -0.2) is 4.98 Å². The smallest absolute Gasteiger partial charge is 0.202 e. The Kier molecular flexibility index (Phi) is 4.65. The lowest BCUT2D eigenvalue weighted by atomic mass is 9.94. The lowest BCUT2D eigenvalue weighted by molar-refractivity contribution is 0.299. The number of fused-ring (bicyclic) bond motifs is 2. The SMILES string of the molecule is Cc1ncoc1-c1nnc(SCCCN2CC3CC3(c3ccc4c(cnn4C)c3)C2)n1C. The summed E-state index contributed by atoms with van der Waals surface area (Å²) in [4.78, 5) is 6.79. The Morgan fingerprint density at radius 1 is 1.25 bits per heavy atom. The fourth-order valence-electron chi connectivity index (χ4n) is 5.28. The Morgan fingerprint density at radius 2 is 2.16 bits per heavy atom. The van der Waals surface area contributed by atoms with Crippen LogP contribution in [0.1, 0.15) is 24.1 Å². The molecule has 2 fully saturated rings. The fraction of sp³-hybridized carbons (Fsp3) is 0.478. The zero-order chi connectivity index (χ0) is 21.9. The molecule has 32 heavy (non-hydrogen) atoms. The van der Waals surface area contributed by atoms with Crippen LogP contribution in [-0.2, 0) is 19.5 Å². The van der Waals surface area contributed by atoms with Crippen LogP contribution >= 0.6 is 11.8 Å². The Labute approximate surface area is 191 Å². The Morgan fingerprint density at radius 3 is 3.00 bits per heavy atom. The molecule has 9 heteroatoms. The number of aryl methyl sites for hydroxylation is 2. The van der Waals surface area contributed by atoms with Crippen molar-refractivity contribution < 1.29 is 4.42 Å². The van der Waals surface area contributed by atoms with E-state index < -0.39 is 0 Å². The van der Waals surface area contributed by atoms with Crippen LogP contribution in [0.3, 0.4) is 0 Å². The average Bonchev–Trinajstić information content (AvgIpc) is 3.21. The van der Waals surface area contributed by atoms with Crippen molar-refractivity contribution in [1.82, 2.24) is 34.4 Å². The van der Waals surface area contributed by atoms with Gasteiger partial charge in [-0.05, 0) is 49.9 Å². The monoisotopic (exact) mass is 449 g/mol. The zero-order valence-corrected chi connectivity index (χ0v) is 19.5. The molecule has 4 aromatic rings. The van der Waals surface area contributed by atoms with E-state index in [1.54, 1.807) is 11.8 Å². The number of benzene rings is 1. The molecule has 1 aliphatic carbocycles. The molecule has 0 N–H and O–H groups in total. The molecule has 166 valence electrons. The summed E-state index contributed by atoms with van der Waals surface area (Å²) in [6, 6.07) is 6.92. The van der Waals surface area contributed by atoms with Crippen LogP contribution in [-0.4, -0.2) is 59.8 Å². The molecule has 4 heterocycles. The van der Waals surface area contributed by atoms with Crippen molar-refractivity contribution in [2.45, 2.75) is 30.3 Å². The third-order valence-electron chi connectivity index (χ3n) is 7.17. The van der Waals surface area contributed by atoms with Gasteiger partial charge in [-0.15, -0.1) is 10.2 Å². The van der Waals surface area contributed by atoms with Crippen LogP contribution < -0.4 is 0 Å². The molecule has 0 bridgehead atoms. The highest BCUT2D eigenvalue weighted by Crippen LogP contribution is 2.59. The van der Waals surface area contributed by atoms with E-state index in [0.717, 1.165) is 41.3 Å². The van der Waals surface area contributed by atoms with Crippen LogP contribution in [0.5, 0.6) is 0 Å². The summed E-state index contributed by atoms with van der Waals surface area (Å²) >= 11 is 1.76. The van der Waals surface area contributed by atoms with Crippen LogP contribution in [0.4, 0.5) is 0 Å². The quantitative estimate of drug-likeness (QED) is 0.316. The van der Waals surface area contributed by atoms with Gasteiger partial charge in [0, 0.05) is 43.7 Å². The van der Waals surface area contributed by atoms with Crippen molar-refractivity contribution in [3.63, 3.8) is 0 Å². The molecule has 2 atom stereocenters. The first-order valence-corrected chi connectivity index (χ1v) is 12.1. The molecule has 1 aliphatic heterocycles. The molecule has 1 aromatic carbocycles. The molecule has 1 saturated heterocycles. The van der Waals surface area contributed by atoms with Gasteiger partial charge < -0.3 is 13.9 Å². The van der Waals surface area contributed by atoms with Crippen molar-refractivity contribution >= 4 is 22.7 Å². The van der Waals surface area contributed by atoms with E-state index >= 15 is 0 Å². The molecule has 1 saturated carbocycles. The van der Waals surface area contributed by atoms with Crippen molar-refractivity contribution in [3.05, 3.63) is 42.0 Å². The second-order valence-corrected chi connectivity index (χ2v) is 10.2. The Balaban J connectivity index is 1.04. The minimum Gasteiger partial charge on any atom is -0.440 e. The first-order valence-electron chi connectivity index (χ1n) is 11.1. The summed E-state index contributed by atoms with van der Waals surface area (Å²) in [5.74, 6) is 3.25. The average molecular weight is 450 g/mol. The maximum absolute atomic E-state index is 5.47. The molecule has 2 aliphatic rings. The number of nitrogens with zero attached hydrogens (tertiary/aromatic N) is 7. The maximum atomic E-state index is 5.47. The number of likely N-dealkylation sites (tertiary alicyclic amines) is 1. The van der Waals surface area contributed by atoms with Gasteiger partial charge in [-0.1, -0.05) is 17.8 Å². The van der Waals surface area contributed by atoms with E-state index in [0.29, 0.717) is 11.2 Å². The molecule has 0 amide bonds. The third-order valence-corrected chi connectivity index (χ3v) is 8.28. The van der Waals surface area contributed by atoms with E-state index in [-0.39, 0.29) is 0 Å². The van der Waals surface area contributed by atoms with Gasteiger partial charge in [0.1, 0.15) is 0 Å². The van der Waals surface area contributed by atoms with Gasteiger partial charge in [-0.2, -0.15) is 5.10 Å². The minimum absolute atomic E-state index is 0.366. The Hall–Kier alpha value is -2.65. The third kappa shape index (κ3) is 3.17. The fourth-order valence-corrected chi connectivity index (χ4v) is 6.12. The van der Waals surface area contributed by atoms with Crippen molar-refractivity contribution in [1.29, 1.82) is 0 Å². The first kappa shape index (κ1) is 20.0. The summed E-state index contributed by atoms with van der Waals surface area (Å²) in [5, 5.41) is 15.2. The van der Waals surface area contributed by atoms with E-state index in [1.165, 1.54) is 42.4 Å². The number of oxazole rings is 1. The maximum Gasteiger partial charge on any atom is 0.202 e. The number of rotatable bonds is 7. The molecule has 2 unspecified atom stereocenters. The molecule has 0 spiro atoms. The van der Waals surface area contributed by atoms with Crippen molar-refractivity contribution in [2.24, 2.45) is 20.0 Å². The van der Waals surface area contributed by atoms with Gasteiger partial charge in [0.05, 0.1) is 17.4 Å². The lowest BCUT2D eigenvalue weighted by Crippen LogP contribution is -2.27. The highest BCUT2D eigenvalue weighted by molar-refractivity contribution is 7.99. The van der Waals surface area contributed by atoms with Gasteiger partial charge >= 0.3 is 0 Å². The number of hydrogen-bond acceptors (Lipinski definition) is 7. The zero-order valence-electron chi connectivity index (χ0n) is 18.7. The minimum atomic E-state index is 0.366. The molecule has 0 radical (unpaired) electrons. The largest absolute Gasteiger partial charge is 0.440 e. The second-order valence-electron chi connectivity index (χ2n) is 9.17. The molecule has 6 rings (SSSR count). The van der Waals surface area contributed by atoms with Crippen molar-refractivity contribution in [3.8, 4) is 11.6 Å². The van der Waals surface area contributed by atoms with Crippen molar-refractivity contribution in [2.75, 3.05) is 25.4 Å². The highest BCUT2D eigenvalue weighted by atomic mass is 32.2. The summed E-state index contributed by atoms with van der Waals surface area (Å²) < 4.78 is 9.41. The van der Waals surface area contributed by atoms with Gasteiger partial charge in [0.25, 0.3) is 0 Å². The number of aromatic nitrogens is 6. The number of thioether (sulfide) groups is 1. The van der Waals surface area contributed by atoms with Crippen LogP contribution in [0.15, 0.2) is 40.4 Å². The van der Waals surface area contributed by atoms with Crippen LogP contribution in [0.25, 0.3) is 22.5 Å². The topological polar surface area (TPSA) is 77.8 Å². The normalized spacial score (nSPS) is 22.7. The van der Waals surface area contributed by atoms with Crippen LogP contribution in [0.2, 0.25) is 0 Å². The molecular formula is C23H27N7OS. The number of piperidine rings is 1. The van der Waals surface area contributed by atoms with E-state index in [2.05, 4.69) is 43.4 Å². The Bertz CT molecular complexity index is 1290. The predicted octanol–water partition coefficient (Wildman–Crippen LogP) is 3.42. The molecule has 8 nitrogen and oxygen atoms in total. The standard InChI is InChI=1S/C23H27N7OS/c1-15-20(31-14-24-15)21-26-27-22(28(21)2)32-8-4-7-30-12-18-10-23(18,13-30)17-5-6-19-16(9-17)11-25-29(19)3/h5-6,9,11,14,18H,4,7-8,10,12-13H2,1-3H3. The van der Waals surface area contributed by atoms with E-state index in [9.17, 15) is 0 Å². The predicted molar refractivity (Wildman–Crippen MR) is 124 cm³/mol. The first-order chi connectivity index (χ1) is 15.5. The van der Waals surface area contributed by atoms with Gasteiger partial charge in [-0.3, -0.25) is 4.68 Å². The summed E-state index contributed by atoms with van der Waals surface area (Å²) in [7, 11) is 3.99. The van der Waals surface area contributed by atoms with Gasteiger partial charge in [0.15, 0.2) is 17.3 Å². The molecule has 3 aromatic heterocycles. The van der Waals surface area contributed by atoms with Crippen LogP contribution in [0, 0.1) is 12.8 Å². The summed E-state index contributed by atoms with van der Waals surface area (Å²) in [5.41, 5.74) is 3.90. The van der Waals surface area contributed by atoms with E-state index in [1.807, 2.05) is 36.5 Å². The summed E-state index contributed by atoms with van der Waals surface area (Å²) in [6.45, 7) is 5.44. The summed E-state index contributed by atoms with van der Waals surface area (Å²) in [6.07, 6.45) is 5.90. The highest BCUT2D eigenvalue weighted by Gasteiger charge is 2.60. The second kappa shape index (κ2) is 7.45. The number of hydrogen-bond donors (Lipinski definition) is 0. The molecular weight excluding hydrogens is 422 g/mol.